The molecule has 0 aliphatic carbocycles. The smallest absolute Gasteiger partial charge is 0.0134 e. The van der Waals surface area contributed by atoms with E-state index in [0.29, 0.717) is 0 Å². The van der Waals surface area contributed by atoms with Gasteiger partial charge in [-0.15, -0.1) is 17.0 Å². The van der Waals surface area contributed by atoms with Gasteiger partial charge in [0.15, 0.2) is 0 Å². The van der Waals surface area contributed by atoms with Gasteiger partial charge in [-0.2, -0.15) is 0 Å². The first-order chi connectivity index (χ1) is 4.35. The summed E-state index contributed by atoms with van der Waals surface area (Å²) in [5.74, 6) is 0. The molecule has 0 saturated heterocycles. The Morgan fingerprint density at radius 2 is 1.80 bits per heavy atom. The van der Waals surface area contributed by atoms with Gasteiger partial charge in [0.1, 0.15) is 0 Å². The molecule has 0 saturated carbocycles. The molecule has 0 fully saturated rings. The van der Waals surface area contributed by atoms with Crippen LogP contribution in [0, 0.1) is 0 Å². The molecule has 0 aromatic rings. The Labute approximate surface area is 74.7 Å². The van der Waals surface area contributed by atoms with Crippen LogP contribution in [0.25, 0.3) is 0 Å². The lowest BCUT2D eigenvalue weighted by molar-refractivity contribution is 0.884. The Kier molecular flexibility index (Phi) is 11.8. The lowest BCUT2D eigenvalue weighted by Crippen LogP contribution is -2.04. The SMILES string of the molecule is Br.CCC(=CCNC)CC. The third kappa shape index (κ3) is 6.30. The average molecular weight is 208 g/mol. The molecular formula is C8H18BrN. The van der Waals surface area contributed by atoms with Gasteiger partial charge in [-0.3, -0.25) is 0 Å². The van der Waals surface area contributed by atoms with Crippen molar-refractivity contribution in [2.45, 2.75) is 26.7 Å². The zero-order valence-electron chi connectivity index (χ0n) is 7.11. The van der Waals surface area contributed by atoms with E-state index in [9.17, 15) is 0 Å². The monoisotopic (exact) mass is 207 g/mol. The molecule has 0 radical (unpaired) electrons. The average Bonchev–Trinajstić information content (AvgIpc) is 1.91. The molecule has 0 spiro atoms. The zero-order chi connectivity index (χ0) is 7.11. The number of hydrogen-bond donors (Lipinski definition) is 1. The summed E-state index contributed by atoms with van der Waals surface area (Å²) < 4.78 is 0. The Hall–Kier alpha value is 0.180. The van der Waals surface area contributed by atoms with Crippen LogP contribution in [0.3, 0.4) is 0 Å². The van der Waals surface area contributed by atoms with Crippen LogP contribution in [-0.4, -0.2) is 13.6 Å². The molecule has 0 heterocycles. The lowest BCUT2D eigenvalue weighted by atomic mass is 10.1. The summed E-state index contributed by atoms with van der Waals surface area (Å²) in [6.45, 7) is 5.41. The van der Waals surface area contributed by atoms with Gasteiger partial charge in [-0.05, 0) is 19.9 Å². The lowest BCUT2D eigenvalue weighted by Gasteiger charge is -1.98. The van der Waals surface area contributed by atoms with Crippen molar-refractivity contribution in [2.75, 3.05) is 13.6 Å². The second-order valence-corrected chi connectivity index (χ2v) is 2.13. The fourth-order valence-electron chi connectivity index (χ4n) is 0.785. The van der Waals surface area contributed by atoms with Crippen molar-refractivity contribution in [2.24, 2.45) is 0 Å². The highest BCUT2D eigenvalue weighted by molar-refractivity contribution is 8.93. The highest BCUT2D eigenvalue weighted by Gasteiger charge is 1.85. The Balaban J connectivity index is 0. The maximum absolute atomic E-state index is 3.09. The van der Waals surface area contributed by atoms with E-state index in [1.54, 1.807) is 5.57 Å². The molecule has 1 nitrogen and oxygen atoms in total. The van der Waals surface area contributed by atoms with Gasteiger partial charge in [0.25, 0.3) is 0 Å². The minimum atomic E-state index is 0. The van der Waals surface area contributed by atoms with E-state index in [-0.39, 0.29) is 17.0 Å². The fourth-order valence-corrected chi connectivity index (χ4v) is 0.785. The van der Waals surface area contributed by atoms with Gasteiger partial charge in [-0.25, -0.2) is 0 Å². The number of likely N-dealkylation sites (N-methyl/N-ethyl adjacent to an activating group) is 1. The van der Waals surface area contributed by atoms with Crippen LogP contribution >= 0.6 is 17.0 Å². The van der Waals surface area contributed by atoms with Crippen LogP contribution in [0.2, 0.25) is 0 Å². The molecule has 0 aromatic carbocycles. The van der Waals surface area contributed by atoms with Crippen LogP contribution in [-0.2, 0) is 0 Å². The highest BCUT2D eigenvalue weighted by atomic mass is 79.9. The fraction of sp³-hybridized carbons (Fsp3) is 0.750. The maximum Gasteiger partial charge on any atom is 0.0134 e. The van der Waals surface area contributed by atoms with E-state index in [4.69, 9.17) is 0 Å². The van der Waals surface area contributed by atoms with Crippen molar-refractivity contribution in [1.29, 1.82) is 0 Å². The third-order valence-corrected chi connectivity index (χ3v) is 1.50. The number of hydrogen-bond acceptors (Lipinski definition) is 1. The molecule has 0 bridgehead atoms. The Morgan fingerprint density at radius 3 is 2.10 bits per heavy atom. The number of allylic oxidation sites excluding steroid dienone is 1. The molecule has 0 unspecified atom stereocenters. The van der Waals surface area contributed by atoms with Crippen LogP contribution in [0.5, 0.6) is 0 Å². The summed E-state index contributed by atoms with van der Waals surface area (Å²) in [7, 11) is 1.97. The minimum Gasteiger partial charge on any atom is -0.316 e. The van der Waals surface area contributed by atoms with E-state index >= 15 is 0 Å². The van der Waals surface area contributed by atoms with Gasteiger partial charge in [0.05, 0.1) is 0 Å². The Bertz CT molecular complexity index is 83.3. The van der Waals surface area contributed by atoms with Gasteiger partial charge in [0, 0.05) is 6.54 Å². The number of rotatable bonds is 4. The molecule has 0 aliphatic rings. The normalized spacial score (nSPS) is 8.30. The van der Waals surface area contributed by atoms with E-state index < -0.39 is 0 Å². The van der Waals surface area contributed by atoms with Gasteiger partial charge in [0.2, 0.25) is 0 Å². The van der Waals surface area contributed by atoms with Crippen molar-refractivity contribution in [3.63, 3.8) is 0 Å². The van der Waals surface area contributed by atoms with Crippen LogP contribution in [0.4, 0.5) is 0 Å². The van der Waals surface area contributed by atoms with Crippen molar-refractivity contribution >= 4 is 17.0 Å². The first kappa shape index (κ1) is 12.8. The van der Waals surface area contributed by atoms with E-state index in [1.165, 1.54) is 12.8 Å². The summed E-state index contributed by atoms with van der Waals surface area (Å²) >= 11 is 0. The van der Waals surface area contributed by atoms with Crippen molar-refractivity contribution in [1.82, 2.24) is 5.32 Å². The quantitative estimate of drug-likeness (QED) is 0.700. The zero-order valence-corrected chi connectivity index (χ0v) is 8.82. The van der Waals surface area contributed by atoms with E-state index in [1.807, 2.05) is 7.05 Å². The number of nitrogens with one attached hydrogen (secondary N) is 1. The van der Waals surface area contributed by atoms with E-state index in [2.05, 4.69) is 25.2 Å². The van der Waals surface area contributed by atoms with Gasteiger partial charge < -0.3 is 5.32 Å². The van der Waals surface area contributed by atoms with Gasteiger partial charge >= 0.3 is 0 Å². The first-order valence-electron chi connectivity index (χ1n) is 3.67. The molecule has 1 N–H and O–H groups in total. The standard InChI is InChI=1S/C8H17N.BrH/c1-4-8(5-2)6-7-9-3;/h6,9H,4-5,7H2,1-3H3;1H. The van der Waals surface area contributed by atoms with Crippen LogP contribution < -0.4 is 5.32 Å². The summed E-state index contributed by atoms with van der Waals surface area (Å²) in [4.78, 5) is 0. The summed E-state index contributed by atoms with van der Waals surface area (Å²) in [6.07, 6.45) is 4.65. The molecule has 0 aliphatic heterocycles. The highest BCUT2D eigenvalue weighted by Crippen LogP contribution is 2.03. The van der Waals surface area contributed by atoms with Crippen molar-refractivity contribution in [3.05, 3.63) is 11.6 Å². The van der Waals surface area contributed by atoms with Crippen LogP contribution in [0.15, 0.2) is 11.6 Å². The molecule has 10 heavy (non-hydrogen) atoms. The Morgan fingerprint density at radius 1 is 1.30 bits per heavy atom. The molecule has 62 valence electrons. The molecule has 0 rings (SSSR count). The largest absolute Gasteiger partial charge is 0.316 e. The minimum absolute atomic E-state index is 0. The number of halogens is 1. The van der Waals surface area contributed by atoms with E-state index in [0.717, 1.165) is 6.54 Å². The molecular weight excluding hydrogens is 190 g/mol. The maximum atomic E-state index is 3.09. The summed E-state index contributed by atoms with van der Waals surface area (Å²) in [5.41, 5.74) is 1.55. The molecule has 2 heteroatoms. The second-order valence-electron chi connectivity index (χ2n) is 2.13. The predicted molar refractivity (Wildman–Crippen MR) is 52.9 cm³/mol. The van der Waals surface area contributed by atoms with Crippen molar-refractivity contribution in [3.8, 4) is 0 Å². The summed E-state index contributed by atoms with van der Waals surface area (Å²) in [5, 5.41) is 3.09. The van der Waals surface area contributed by atoms with Crippen LogP contribution in [0.1, 0.15) is 26.7 Å². The topological polar surface area (TPSA) is 12.0 Å². The molecule has 0 amide bonds. The molecule has 0 atom stereocenters. The summed E-state index contributed by atoms with van der Waals surface area (Å²) in [6, 6.07) is 0. The predicted octanol–water partition coefficient (Wildman–Crippen LogP) is 2.53. The molecule has 0 aromatic heterocycles. The van der Waals surface area contributed by atoms with Crippen molar-refractivity contribution < 1.29 is 0 Å². The van der Waals surface area contributed by atoms with Gasteiger partial charge in [-0.1, -0.05) is 25.5 Å². The second kappa shape index (κ2) is 9.18. The third-order valence-electron chi connectivity index (χ3n) is 1.50. The first-order valence-corrected chi connectivity index (χ1v) is 3.67.